The van der Waals surface area contributed by atoms with Crippen LogP contribution in [0.2, 0.25) is 0 Å². The molecule has 0 aromatic rings. The smallest absolute Gasteiger partial charge is 0.171 e. The van der Waals surface area contributed by atoms with Gasteiger partial charge in [0.2, 0.25) is 0 Å². The minimum Gasteiger partial charge on any atom is -0.393 e. The van der Waals surface area contributed by atoms with Crippen molar-refractivity contribution in [3.05, 3.63) is 0 Å². The van der Waals surface area contributed by atoms with E-state index in [1.165, 1.54) is 38.5 Å². The number of aliphatic hydroxyl groups excluding tert-OH is 2. The summed E-state index contributed by atoms with van der Waals surface area (Å²) >= 11 is 0. The Kier molecular flexibility index (Phi) is 4.78. The van der Waals surface area contributed by atoms with Gasteiger partial charge in [-0.15, -0.1) is 0 Å². The van der Waals surface area contributed by atoms with Gasteiger partial charge in [0.25, 0.3) is 0 Å². The number of aliphatic hydroxyl groups is 2. The number of ether oxygens (including phenoxy) is 2. The summed E-state index contributed by atoms with van der Waals surface area (Å²) in [6.07, 6.45) is 9.56. The van der Waals surface area contributed by atoms with Crippen LogP contribution in [0, 0.1) is 52.3 Å². The third-order valence-electron chi connectivity index (χ3n) is 12.0. The molecule has 0 aromatic heterocycles. The Labute approximate surface area is 188 Å². The molecule has 31 heavy (non-hydrogen) atoms. The molecule has 0 aromatic carbocycles. The Balaban J connectivity index is 1.27. The summed E-state index contributed by atoms with van der Waals surface area (Å²) in [6.45, 7) is 10.5. The van der Waals surface area contributed by atoms with E-state index in [1.807, 2.05) is 0 Å². The molecule has 4 aliphatic carbocycles. The van der Waals surface area contributed by atoms with E-state index in [2.05, 4.69) is 27.7 Å². The molecule has 0 amide bonds. The molecule has 4 saturated carbocycles. The van der Waals surface area contributed by atoms with Crippen molar-refractivity contribution in [2.75, 3.05) is 6.61 Å². The quantitative estimate of drug-likeness (QED) is 0.579. The standard InChI is InChI=1S/C27H44O4/c1-15-7-10-27(30-14-15)16(2)24-22(31-27)13-21-19-6-5-17-11-18(28)12-23(29)26(17,4)20(19)8-9-25(21,24)3/h15-24,28-29H,5-14H2,1-4H3/t15-,16+,17-,18+,19-,20+,21+,22+,23-,24+,25+,26+,27-/m1/s1. The third-order valence-corrected chi connectivity index (χ3v) is 12.0. The lowest BCUT2D eigenvalue weighted by Crippen LogP contribution is -2.59. The van der Waals surface area contributed by atoms with Crippen molar-refractivity contribution in [2.24, 2.45) is 52.3 Å². The summed E-state index contributed by atoms with van der Waals surface area (Å²) in [5.41, 5.74) is 0.320. The Morgan fingerprint density at radius 1 is 0.871 bits per heavy atom. The highest BCUT2D eigenvalue weighted by Crippen LogP contribution is 2.71. The van der Waals surface area contributed by atoms with E-state index in [9.17, 15) is 10.2 Å². The number of fused-ring (bicyclic) bond motifs is 7. The Morgan fingerprint density at radius 3 is 2.42 bits per heavy atom. The molecule has 6 aliphatic rings. The molecule has 1 spiro atoms. The van der Waals surface area contributed by atoms with Crippen LogP contribution in [0.3, 0.4) is 0 Å². The van der Waals surface area contributed by atoms with E-state index in [0.717, 1.165) is 19.4 Å². The molecule has 4 heteroatoms. The lowest BCUT2D eigenvalue weighted by Gasteiger charge is -2.62. The van der Waals surface area contributed by atoms with E-state index in [1.54, 1.807) is 0 Å². The molecule has 4 nitrogen and oxygen atoms in total. The van der Waals surface area contributed by atoms with Gasteiger partial charge in [-0.05, 0) is 97.7 Å². The summed E-state index contributed by atoms with van der Waals surface area (Å²) in [4.78, 5) is 0. The van der Waals surface area contributed by atoms with Crippen LogP contribution in [0.25, 0.3) is 0 Å². The second-order valence-corrected chi connectivity index (χ2v) is 13.2. The minimum absolute atomic E-state index is 0.0164. The second-order valence-electron chi connectivity index (χ2n) is 13.2. The van der Waals surface area contributed by atoms with Gasteiger partial charge in [-0.25, -0.2) is 0 Å². The largest absolute Gasteiger partial charge is 0.393 e. The minimum atomic E-state index is -0.351. The summed E-state index contributed by atoms with van der Waals surface area (Å²) in [7, 11) is 0. The van der Waals surface area contributed by atoms with Crippen LogP contribution in [-0.2, 0) is 9.47 Å². The Hall–Kier alpha value is -0.160. The van der Waals surface area contributed by atoms with Gasteiger partial charge in [-0.2, -0.15) is 0 Å². The highest BCUT2D eigenvalue weighted by Gasteiger charge is 2.69. The fraction of sp³-hybridized carbons (Fsp3) is 1.00. The van der Waals surface area contributed by atoms with Crippen LogP contribution >= 0.6 is 0 Å². The molecular formula is C27H44O4. The fourth-order valence-corrected chi connectivity index (χ4v) is 10.3. The molecule has 2 N–H and O–H groups in total. The summed E-state index contributed by atoms with van der Waals surface area (Å²) in [6, 6.07) is 0. The van der Waals surface area contributed by atoms with Gasteiger partial charge in [-0.1, -0.05) is 27.7 Å². The average molecular weight is 433 g/mol. The molecule has 2 heterocycles. The van der Waals surface area contributed by atoms with E-state index in [4.69, 9.17) is 9.47 Å². The van der Waals surface area contributed by atoms with Crippen LogP contribution < -0.4 is 0 Å². The predicted molar refractivity (Wildman–Crippen MR) is 119 cm³/mol. The van der Waals surface area contributed by atoms with E-state index in [-0.39, 0.29) is 23.4 Å². The van der Waals surface area contributed by atoms with Gasteiger partial charge < -0.3 is 19.7 Å². The monoisotopic (exact) mass is 432 g/mol. The average Bonchev–Trinajstić information content (AvgIpc) is 3.16. The van der Waals surface area contributed by atoms with Gasteiger partial charge >= 0.3 is 0 Å². The maximum Gasteiger partial charge on any atom is 0.171 e. The normalized spacial score (nSPS) is 63.3. The maximum atomic E-state index is 11.2. The highest BCUT2D eigenvalue weighted by atomic mass is 16.7. The van der Waals surface area contributed by atoms with Crippen molar-refractivity contribution in [2.45, 2.75) is 110 Å². The van der Waals surface area contributed by atoms with Crippen molar-refractivity contribution in [1.29, 1.82) is 0 Å². The molecule has 2 saturated heterocycles. The first-order valence-corrected chi connectivity index (χ1v) is 13.4. The van der Waals surface area contributed by atoms with Crippen LogP contribution in [0.15, 0.2) is 0 Å². The molecule has 0 bridgehead atoms. The lowest BCUT2D eigenvalue weighted by atomic mass is 9.43. The van der Waals surface area contributed by atoms with Crippen LogP contribution in [0.4, 0.5) is 0 Å². The first-order valence-electron chi connectivity index (χ1n) is 13.4. The Morgan fingerprint density at radius 2 is 1.68 bits per heavy atom. The zero-order valence-electron chi connectivity index (χ0n) is 20.1. The van der Waals surface area contributed by atoms with Crippen molar-refractivity contribution < 1.29 is 19.7 Å². The van der Waals surface area contributed by atoms with E-state index in [0.29, 0.717) is 59.4 Å². The predicted octanol–water partition coefficient (Wildman–Crippen LogP) is 4.76. The molecule has 0 unspecified atom stereocenters. The zero-order chi connectivity index (χ0) is 21.8. The molecule has 2 aliphatic heterocycles. The molecule has 6 rings (SSSR count). The van der Waals surface area contributed by atoms with Crippen LogP contribution in [-0.4, -0.2) is 40.9 Å². The maximum absolute atomic E-state index is 11.2. The zero-order valence-corrected chi connectivity index (χ0v) is 20.1. The summed E-state index contributed by atoms with van der Waals surface area (Å²) in [5.74, 6) is 3.89. The molecular weight excluding hydrogens is 388 g/mol. The number of hydrogen-bond acceptors (Lipinski definition) is 4. The molecule has 6 fully saturated rings. The van der Waals surface area contributed by atoms with Crippen molar-refractivity contribution in [3.8, 4) is 0 Å². The number of hydrogen-bond donors (Lipinski definition) is 2. The molecule has 13 atom stereocenters. The lowest BCUT2D eigenvalue weighted by molar-refractivity contribution is -0.273. The van der Waals surface area contributed by atoms with Gasteiger partial charge in [0, 0.05) is 12.3 Å². The van der Waals surface area contributed by atoms with Crippen molar-refractivity contribution in [3.63, 3.8) is 0 Å². The second kappa shape index (κ2) is 6.93. The van der Waals surface area contributed by atoms with Crippen LogP contribution in [0.5, 0.6) is 0 Å². The van der Waals surface area contributed by atoms with Crippen LogP contribution in [0.1, 0.15) is 85.5 Å². The van der Waals surface area contributed by atoms with Gasteiger partial charge in [-0.3, -0.25) is 0 Å². The topological polar surface area (TPSA) is 58.9 Å². The van der Waals surface area contributed by atoms with Gasteiger partial charge in [0.05, 0.1) is 24.9 Å². The fourth-order valence-electron chi connectivity index (χ4n) is 10.3. The molecule has 0 radical (unpaired) electrons. The first kappa shape index (κ1) is 21.4. The molecule has 176 valence electrons. The third kappa shape index (κ3) is 2.74. The SMILES string of the molecule is C[C@@H]1CC[C@@]2(OC1)O[C@H]1C[C@H]3[C@@H]4CC[C@@H]5C[C@H](O)C[C@@H](O)[C@]5(C)[C@H]4CC[C@]3(C)[C@H]1[C@@H]2C. The van der Waals surface area contributed by atoms with Crippen molar-refractivity contribution in [1.82, 2.24) is 0 Å². The number of rotatable bonds is 0. The summed E-state index contributed by atoms with van der Waals surface area (Å²) in [5, 5.41) is 21.5. The first-order chi connectivity index (χ1) is 14.7. The Bertz CT molecular complexity index is 716. The van der Waals surface area contributed by atoms with E-state index >= 15 is 0 Å². The van der Waals surface area contributed by atoms with Crippen molar-refractivity contribution >= 4 is 0 Å². The van der Waals surface area contributed by atoms with E-state index < -0.39 is 0 Å². The van der Waals surface area contributed by atoms with Gasteiger partial charge in [0.1, 0.15) is 0 Å². The summed E-state index contributed by atoms with van der Waals surface area (Å²) < 4.78 is 13.3. The van der Waals surface area contributed by atoms with Gasteiger partial charge in [0.15, 0.2) is 5.79 Å². The highest BCUT2D eigenvalue weighted by molar-refractivity contribution is 5.16.